The number of hydrogen-bond acceptors (Lipinski definition) is 5. The molecule has 0 amide bonds. The number of nitrogens with two attached hydrogens (primary N) is 1. The van der Waals surface area contributed by atoms with Crippen LogP contribution in [0.2, 0.25) is 0 Å². The maximum Gasteiger partial charge on any atom is 0.109 e. The summed E-state index contributed by atoms with van der Waals surface area (Å²) in [5.74, 6) is 1.57. The second kappa shape index (κ2) is 5.04. The smallest absolute Gasteiger partial charge is 0.109 e. The first-order chi connectivity index (χ1) is 5.75. The Hall–Kier alpha value is 0.190. The summed E-state index contributed by atoms with van der Waals surface area (Å²) in [5, 5.41) is 18.5. The van der Waals surface area contributed by atoms with Crippen molar-refractivity contribution in [1.82, 2.24) is 0 Å². The number of aliphatic hydroxyl groups is 2. The summed E-state index contributed by atoms with van der Waals surface area (Å²) in [5.41, 5.74) is 5.30. The van der Waals surface area contributed by atoms with Crippen LogP contribution in [0.4, 0.5) is 0 Å². The molecule has 0 radical (unpaired) electrons. The third-order valence-corrected chi connectivity index (χ3v) is 2.89. The lowest BCUT2D eigenvalue weighted by Gasteiger charge is -2.13. The number of hydrogen-bond donors (Lipinski definition) is 3. The highest BCUT2D eigenvalue weighted by molar-refractivity contribution is 7.99. The summed E-state index contributed by atoms with van der Waals surface area (Å²) < 4.78 is 5.16. The summed E-state index contributed by atoms with van der Waals surface area (Å²) in [4.78, 5) is 0. The van der Waals surface area contributed by atoms with Crippen LogP contribution in [0.25, 0.3) is 0 Å². The zero-order valence-corrected chi connectivity index (χ0v) is 7.67. The topological polar surface area (TPSA) is 75.7 Å². The van der Waals surface area contributed by atoms with Gasteiger partial charge in [-0.1, -0.05) is 0 Å². The molecule has 0 aromatic carbocycles. The van der Waals surface area contributed by atoms with Gasteiger partial charge in [0.2, 0.25) is 0 Å². The number of ether oxygens (including phenoxy) is 1. The average molecular weight is 193 g/mol. The molecule has 1 saturated heterocycles. The van der Waals surface area contributed by atoms with E-state index in [1.807, 2.05) is 0 Å². The first-order valence-corrected chi connectivity index (χ1v) is 5.16. The van der Waals surface area contributed by atoms with Gasteiger partial charge in [-0.3, -0.25) is 0 Å². The molecule has 0 spiro atoms. The second-order valence-electron chi connectivity index (χ2n) is 2.79. The highest BCUT2D eigenvalue weighted by Gasteiger charge is 2.33. The molecule has 1 aliphatic heterocycles. The van der Waals surface area contributed by atoms with E-state index in [9.17, 15) is 5.11 Å². The van der Waals surface area contributed by atoms with Gasteiger partial charge in [-0.25, -0.2) is 0 Å². The molecule has 1 fully saturated rings. The zero-order valence-electron chi connectivity index (χ0n) is 6.85. The number of aliphatic hydroxyl groups excluding tert-OH is 2. The molecule has 0 saturated carbocycles. The van der Waals surface area contributed by atoms with Gasteiger partial charge in [0.1, 0.15) is 12.2 Å². The first-order valence-electron chi connectivity index (χ1n) is 4.01. The van der Waals surface area contributed by atoms with E-state index in [-0.39, 0.29) is 12.7 Å². The van der Waals surface area contributed by atoms with Crippen molar-refractivity contribution in [3.05, 3.63) is 0 Å². The van der Waals surface area contributed by atoms with E-state index in [4.69, 9.17) is 15.6 Å². The van der Waals surface area contributed by atoms with E-state index in [1.54, 1.807) is 11.8 Å². The lowest BCUT2D eigenvalue weighted by atomic mass is 10.2. The molecule has 5 heteroatoms. The van der Waals surface area contributed by atoms with Crippen molar-refractivity contribution in [3.8, 4) is 0 Å². The van der Waals surface area contributed by atoms with Crippen LogP contribution in [0.15, 0.2) is 0 Å². The van der Waals surface area contributed by atoms with Crippen LogP contribution in [-0.2, 0) is 4.74 Å². The highest BCUT2D eigenvalue weighted by atomic mass is 32.2. The lowest BCUT2D eigenvalue weighted by Crippen LogP contribution is -2.31. The Bertz CT molecular complexity index is 136. The van der Waals surface area contributed by atoms with Crippen molar-refractivity contribution in [1.29, 1.82) is 0 Å². The second-order valence-corrected chi connectivity index (χ2v) is 3.94. The van der Waals surface area contributed by atoms with E-state index in [0.717, 1.165) is 5.75 Å². The van der Waals surface area contributed by atoms with Gasteiger partial charge >= 0.3 is 0 Å². The molecule has 1 heterocycles. The molecule has 2 unspecified atom stereocenters. The van der Waals surface area contributed by atoms with E-state index in [0.29, 0.717) is 12.3 Å². The molecule has 0 aromatic rings. The normalized spacial score (nSPS) is 35.8. The van der Waals surface area contributed by atoms with Gasteiger partial charge in [0.15, 0.2) is 0 Å². The molecule has 1 aliphatic rings. The Labute approximate surface area is 76.1 Å². The SMILES string of the molecule is NCCSC[C@@H]1OCC(O)C1O. The Morgan fingerprint density at radius 2 is 2.25 bits per heavy atom. The maximum atomic E-state index is 9.34. The molecule has 1 rings (SSSR count). The number of thioether (sulfide) groups is 1. The van der Waals surface area contributed by atoms with Crippen molar-refractivity contribution in [2.24, 2.45) is 5.73 Å². The van der Waals surface area contributed by atoms with Crippen LogP contribution in [0.1, 0.15) is 0 Å². The molecule has 0 aliphatic carbocycles. The third kappa shape index (κ3) is 2.60. The molecule has 0 bridgehead atoms. The van der Waals surface area contributed by atoms with Gasteiger partial charge in [0.25, 0.3) is 0 Å². The summed E-state index contributed by atoms with van der Waals surface area (Å²) in [6.07, 6.45) is -1.67. The Morgan fingerprint density at radius 1 is 1.50 bits per heavy atom. The largest absolute Gasteiger partial charge is 0.388 e. The van der Waals surface area contributed by atoms with E-state index in [2.05, 4.69) is 0 Å². The predicted molar refractivity (Wildman–Crippen MR) is 48.1 cm³/mol. The third-order valence-electron chi connectivity index (χ3n) is 1.80. The fourth-order valence-corrected chi connectivity index (χ4v) is 1.96. The van der Waals surface area contributed by atoms with Crippen molar-refractivity contribution in [2.45, 2.75) is 18.3 Å². The van der Waals surface area contributed by atoms with Crippen LogP contribution < -0.4 is 5.73 Å². The Kier molecular flexibility index (Phi) is 4.31. The van der Waals surface area contributed by atoms with Gasteiger partial charge in [-0.05, 0) is 0 Å². The van der Waals surface area contributed by atoms with Crippen molar-refractivity contribution < 1.29 is 14.9 Å². The van der Waals surface area contributed by atoms with Crippen LogP contribution in [-0.4, -0.2) is 53.2 Å². The minimum Gasteiger partial charge on any atom is -0.388 e. The van der Waals surface area contributed by atoms with Gasteiger partial charge in [-0.15, -0.1) is 0 Å². The zero-order chi connectivity index (χ0) is 8.97. The van der Waals surface area contributed by atoms with Gasteiger partial charge in [0, 0.05) is 18.1 Å². The first kappa shape index (κ1) is 10.3. The molecular formula is C7H15NO3S. The van der Waals surface area contributed by atoms with Gasteiger partial charge in [-0.2, -0.15) is 11.8 Å². The summed E-state index contributed by atoms with van der Waals surface area (Å²) in [7, 11) is 0. The maximum absolute atomic E-state index is 9.34. The van der Waals surface area contributed by atoms with Gasteiger partial charge in [0.05, 0.1) is 12.7 Å². The standard InChI is InChI=1S/C7H15NO3S/c8-1-2-12-4-6-7(10)5(9)3-11-6/h5-7,9-10H,1-4,8H2/t5?,6-,7?/m0/s1. The summed E-state index contributed by atoms with van der Waals surface area (Å²) in [6.45, 7) is 0.880. The molecule has 72 valence electrons. The van der Waals surface area contributed by atoms with E-state index < -0.39 is 12.2 Å². The Morgan fingerprint density at radius 3 is 2.75 bits per heavy atom. The molecule has 4 nitrogen and oxygen atoms in total. The lowest BCUT2D eigenvalue weighted by molar-refractivity contribution is 0.0337. The van der Waals surface area contributed by atoms with Crippen LogP contribution in [0.3, 0.4) is 0 Å². The molecular weight excluding hydrogens is 178 g/mol. The van der Waals surface area contributed by atoms with E-state index in [1.165, 1.54) is 0 Å². The fraction of sp³-hybridized carbons (Fsp3) is 1.00. The average Bonchev–Trinajstić information content (AvgIpc) is 2.36. The van der Waals surface area contributed by atoms with Crippen molar-refractivity contribution >= 4 is 11.8 Å². The van der Waals surface area contributed by atoms with Crippen molar-refractivity contribution in [2.75, 3.05) is 24.7 Å². The van der Waals surface area contributed by atoms with Crippen molar-refractivity contribution in [3.63, 3.8) is 0 Å². The van der Waals surface area contributed by atoms with Crippen LogP contribution in [0.5, 0.6) is 0 Å². The Balaban J connectivity index is 2.16. The molecule has 4 N–H and O–H groups in total. The minimum atomic E-state index is -0.727. The van der Waals surface area contributed by atoms with Gasteiger partial charge < -0.3 is 20.7 Å². The number of rotatable bonds is 4. The fourth-order valence-electron chi connectivity index (χ4n) is 1.10. The quantitative estimate of drug-likeness (QED) is 0.489. The van der Waals surface area contributed by atoms with Crippen LogP contribution >= 0.6 is 11.8 Å². The van der Waals surface area contributed by atoms with Crippen LogP contribution in [0, 0.1) is 0 Å². The van der Waals surface area contributed by atoms with E-state index >= 15 is 0 Å². The predicted octanol–water partition coefficient (Wildman–Crippen LogP) is -1.20. The highest BCUT2D eigenvalue weighted by Crippen LogP contribution is 2.18. The summed E-state index contributed by atoms with van der Waals surface area (Å²) >= 11 is 1.64. The molecule has 12 heavy (non-hydrogen) atoms. The summed E-state index contributed by atoms with van der Waals surface area (Å²) in [6, 6.07) is 0. The monoisotopic (exact) mass is 193 g/mol. The molecule has 3 atom stereocenters. The minimum absolute atomic E-state index is 0.225. The molecule has 0 aromatic heterocycles.